The minimum atomic E-state index is -0.557. The lowest BCUT2D eigenvalue weighted by Crippen LogP contribution is -2.37. The molecule has 282 valence electrons. The number of aromatic nitrogens is 1. The zero-order chi connectivity index (χ0) is 37.8. The molecule has 0 unspecified atom stereocenters. The topological polar surface area (TPSA) is 147 Å². The van der Waals surface area contributed by atoms with E-state index in [1.807, 2.05) is 95.5 Å². The van der Waals surface area contributed by atoms with Crippen molar-refractivity contribution >= 4 is 29.3 Å². The molecule has 12 heteroatoms. The van der Waals surface area contributed by atoms with E-state index in [0.717, 1.165) is 60.9 Å². The van der Waals surface area contributed by atoms with Crippen LogP contribution in [-0.4, -0.2) is 79.6 Å². The van der Waals surface area contributed by atoms with Crippen LogP contribution >= 0.6 is 0 Å². The summed E-state index contributed by atoms with van der Waals surface area (Å²) in [5.74, 6) is 0.693. The number of benzene rings is 2. The molecule has 2 amide bonds. The van der Waals surface area contributed by atoms with E-state index in [1.54, 1.807) is 6.20 Å². The van der Waals surface area contributed by atoms with Crippen molar-refractivity contribution in [2.45, 2.75) is 71.3 Å². The molecule has 1 saturated carbocycles. The number of amidine groups is 1. The highest BCUT2D eigenvalue weighted by Crippen LogP contribution is 2.32. The van der Waals surface area contributed by atoms with E-state index in [-0.39, 0.29) is 29.9 Å². The smallest absolute Gasteiger partial charge is 0.407 e. The molecule has 12 nitrogen and oxygen atoms in total. The SMILES string of the molecule is CN(C)CCCOc1ccc(-c2ccc(C[C@H](CC(=O)C3CCC(CNC(=O)OC(C)(C)C)CC3)C(=O)Nc3ccc(C4=NCN=N4)cc3)cc2)cn1. The molecular weight excluding hydrogens is 670 g/mol. The average Bonchev–Trinajstić information content (AvgIpc) is 3.68. The summed E-state index contributed by atoms with van der Waals surface area (Å²) in [6.07, 6.45) is 6.01. The number of hydrogen-bond acceptors (Lipinski definition) is 10. The van der Waals surface area contributed by atoms with E-state index in [2.05, 4.69) is 35.7 Å². The van der Waals surface area contributed by atoms with Crippen molar-refractivity contribution in [3.63, 3.8) is 0 Å². The van der Waals surface area contributed by atoms with Crippen LogP contribution in [0.3, 0.4) is 0 Å². The van der Waals surface area contributed by atoms with Gasteiger partial charge in [-0.05, 0) is 121 Å². The molecule has 5 rings (SSSR count). The van der Waals surface area contributed by atoms with E-state index >= 15 is 0 Å². The number of ketones is 1. The molecule has 0 bridgehead atoms. The van der Waals surface area contributed by atoms with Crippen LogP contribution in [0.2, 0.25) is 0 Å². The van der Waals surface area contributed by atoms with Crippen LogP contribution in [0.15, 0.2) is 82.1 Å². The molecule has 0 radical (unpaired) electrons. The third-order valence-electron chi connectivity index (χ3n) is 9.42. The number of alkyl carbamates (subject to hydrolysis) is 1. The van der Waals surface area contributed by atoms with Gasteiger partial charge in [-0.1, -0.05) is 24.3 Å². The lowest BCUT2D eigenvalue weighted by molar-refractivity contribution is -0.129. The summed E-state index contributed by atoms with van der Waals surface area (Å²) in [6, 6.07) is 19.3. The van der Waals surface area contributed by atoms with Gasteiger partial charge < -0.3 is 25.0 Å². The maximum Gasteiger partial charge on any atom is 0.407 e. The van der Waals surface area contributed by atoms with Gasteiger partial charge in [0.05, 0.1) is 6.61 Å². The molecule has 1 atom stereocenters. The third-order valence-corrected chi connectivity index (χ3v) is 9.42. The van der Waals surface area contributed by atoms with Gasteiger partial charge in [-0.2, -0.15) is 5.11 Å². The number of nitrogens with zero attached hydrogens (tertiary/aromatic N) is 5. The van der Waals surface area contributed by atoms with Crippen LogP contribution in [0.4, 0.5) is 10.5 Å². The summed E-state index contributed by atoms with van der Waals surface area (Å²) in [6.45, 7) is 7.93. The molecule has 1 fully saturated rings. The van der Waals surface area contributed by atoms with Crippen molar-refractivity contribution in [2.75, 3.05) is 45.8 Å². The van der Waals surface area contributed by atoms with Crippen LogP contribution in [0.25, 0.3) is 11.1 Å². The number of azo groups is 1. The van der Waals surface area contributed by atoms with Gasteiger partial charge in [0, 0.05) is 60.4 Å². The van der Waals surface area contributed by atoms with Gasteiger partial charge in [0.1, 0.15) is 11.4 Å². The van der Waals surface area contributed by atoms with Gasteiger partial charge in [0.15, 0.2) is 12.5 Å². The Labute approximate surface area is 312 Å². The quantitative estimate of drug-likeness (QED) is 0.147. The number of carbonyl (C=O) groups excluding carboxylic acids is 3. The molecule has 3 aromatic rings. The Morgan fingerprint density at radius 3 is 2.23 bits per heavy atom. The van der Waals surface area contributed by atoms with Gasteiger partial charge in [-0.3, -0.25) is 9.59 Å². The minimum Gasteiger partial charge on any atom is -0.478 e. The van der Waals surface area contributed by atoms with Crippen molar-refractivity contribution in [2.24, 2.45) is 33.0 Å². The fraction of sp³-hybridized carbons (Fsp3) is 0.488. The first-order valence-corrected chi connectivity index (χ1v) is 18.6. The van der Waals surface area contributed by atoms with Crippen LogP contribution in [-0.2, 0) is 20.7 Å². The van der Waals surface area contributed by atoms with Crippen molar-refractivity contribution < 1.29 is 23.9 Å². The normalized spacial score (nSPS) is 17.6. The molecule has 0 spiro atoms. The molecular formula is C41H53N7O5. The Morgan fingerprint density at radius 2 is 1.60 bits per heavy atom. The highest BCUT2D eigenvalue weighted by Gasteiger charge is 2.31. The third kappa shape index (κ3) is 12.6. The number of nitrogens with one attached hydrogen (secondary N) is 2. The Balaban J connectivity index is 1.20. The maximum atomic E-state index is 13.8. The Morgan fingerprint density at radius 1 is 0.906 bits per heavy atom. The zero-order valence-corrected chi connectivity index (χ0v) is 31.6. The monoisotopic (exact) mass is 723 g/mol. The highest BCUT2D eigenvalue weighted by atomic mass is 16.6. The van der Waals surface area contributed by atoms with Crippen molar-refractivity contribution in [3.8, 4) is 17.0 Å². The number of amides is 2. The van der Waals surface area contributed by atoms with Crippen LogP contribution in [0.5, 0.6) is 5.88 Å². The molecule has 1 aliphatic carbocycles. The van der Waals surface area contributed by atoms with Gasteiger partial charge in [-0.15, -0.1) is 5.11 Å². The molecule has 2 aromatic carbocycles. The number of ether oxygens (including phenoxy) is 2. The summed E-state index contributed by atoms with van der Waals surface area (Å²) < 4.78 is 11.1. The molecule has 2 aliphatic rings. The number of carbonyl (C=O) groups is 3. The summed E-state index contributed by atoms with van der Waals surface area (Å²) in [7, 11) is 4.08. The predicted molar refractivity (Wildman–Crippen MR) is 206 cm³/mol. The molecule has 1 aromatic heterocycles. The van der Waals surface area contributed by atoms with Crippen LogP contribution < -0.4 is 15.4 Å². The van der Waals surface area contributed by atoms with Gasteiger partial charge in [0.25, 0.3) is 0 Å². The number of hydrogen-bond donors (Lipinski definition) is 2. The van der Waals surface area contributed by atoms with E-state index in [9.17, 15) is 14.4 Å². The number of aliphatic imine (C=N–C) groups is 1. The molecule has 1 aliphatic heterocycles. The van der Waals surface area contributed by atoms with Crippen molar-refractivity contribution in [3.05, 3.63) is 78.0 Å². The maximum absolute atomic E-state index is 13.8. The van der Waals surface area contributed by atoms with E-state index in [4.69, 9.17) is 9.47 Å². The van der Waals surface area contributed by atoms with Crippen molar-refractivity contribution in [1.29, 1.82) is 0 Å². The Kier molecular flexibility index (Phi) is 13.8. The van der Waals surface area contributed by atoms with E-state index < -0.39 is 17.6 Å². The second-order valence-electron chi connectivity index (χ2n) is 15.2. The van der Waals surface area contributed by atoms with Crippen LogP contribution in [0, 0.1) is 17.8 Å². The lowest BCUT2D eigenvalue weighted by atomic mass is 9.77. The summed E-state index contributed by atoms with van der Waals surface area (Å²) in [5, 5.41) is 13.9. The fourth-order valence-corrected chi connectivity index (χ4v) is 6.53. The molecule has 2 N–H and O–H groups in total. The number of Topliss-reactive ketones (excluding diaryl/α,β-unsaturated/α-hetero) is 1. The first kappa shape index (κ1) is 39.2. The summed E-state index contributed by atoms with van der Waals surface area (Å²) >= 11 is 0. The largest absolute Gasteiger partial charge is 0.478 e. The molecule has 53 heavy (non-hydrogen) atoms. The first-order valence-electron chi connectivity index (χ1n) is 18.6. The first-order chi connectivity index (χ1) is 25.4. The standard InChI is InChI=1S/C41H53N7O5/c1-41(2,3)53-40(51)43-25-29-9-13-31(14-10-29)36(49)24-34(39(50)46-35-18-15-32(16-19-35)38-44-27-45-47-38)23-28-7-11-30(12-8-28)33-17-20-37(42-26-33)52-22-6-21-48(4)5/h7-8,11-12,15-20,26,29,31,34H,6,9-10,13-14,21-25,27H2,1-5H3,(H,43,51)(H,46,50)/t29?,31?,34-/m1/s1. The minimum absolute atomic E-state index is 0.107. The van der Waals surface area contributed by atoms with Crippen molar-refractivity contribution in [1.82, 2.24) is 15.2 Å². The summed E-state index contributed by atoms with van der Waals surface area (Å²) in [4.78, 5) is 50.6. The average molecular weight is 724 g/mol. The second-order valence-corrected chi connectivity index (χ2v) is 15.2. The zero-order valence-electron chi connectivity index (χ0n) is 31.6. The molecule has 2 heterocycles. The van der Waals surface area contributed by atoms with Gasteiger partial charge >= 0.3 is 6.09 Å². The second kappa shape index (κ2) is 18.7. The fourth-order valence-electron chi connectivity index (χ4n) is 6.53. The molecule has 0 saturated heterocycles. The Bertz CT molecular complexity index is 1720. The highest BCUT2D eigenvalue weighted by molar-refractivity contribution is 6.01. The Hall–Kier alpha value is -4.97. The van der Waals surface area contributed by atoms with Crippen LogP contribution in [0.1, 0.15) is 70.4 Å². The lowest BCUT2D eigenvalue weighted by Gasteiger charge is -2.29. The van der Waals surface area contributed by atoms with E-state index in [1.165, 1.54) is 0 Å². The van der Waals surface area contributed by atoms with Gasteiger partial charge in [-0.25, -0.2) is 14.8 Å². The predicted octanol–water partition coefficient (Wildman–Crippen LogP) is 7.34. The number of rotatable bonds is 16. The number of pyridine rings is 1. The number of anilines is 1. The van der Waals surface area contributed by atoms with Gasteiger partial charge in [0.2, 0.25) is 11.8 Å². The van der Waals surface area contributed by atoms with E-state index in [0.29, 0.717) is 43.6 Å². The summed E-state index contributed by atoms with van der Waals surface area (Å²) in [5.41, 5.74) is 3.84.